The molecular weight excluding hydrogens is 402 g/mol. The molecule has 0 saturated heterocycles. The molecule has 33 heavy (non-hydrogen) atoms. The molecule has 3 heteroatoms. The second kappa shape index (κ2) is 8.93. The van der Waals surface area contributed by atoms with E-state index < -0.39 is 0 Å². The predicted octanol–water partition coefficient (Wildman–Crippen LogP) is 7.65. The van der Waals surface area contributed by atoms with Crippen LogP contribution in [-0.4, -0.2) is 0 Å². The van der Waals surface area contributed by atoms with Gasteiger partial charge in [0.1, 0.15) is 0 Å². The van der Waals surface area contributed by atoms with Gasteiger partial charge in [0.2, 0.25) is 0 Å². The molecule has 0 aliphatic rings. The van der Waals surface area contributed by atoms with E-state index in [1.54, 1.807) is 0 Å². The van der Waals surface area contributed by atoms with Crippen molar-refractivity contribution in [2.75, 3.05) is 16.4 Å². The number of para-hydroxylation sites is 3. The van der Waals surface area contributed by atoms with E-state index in [4.69, 9.17) is 11.5 Å². The zero-order valence-electron chi connectivity index (χ0n) is 18.2. The lowest BCUT2D eigenvalue weighted by molar-refractivity contribution is 1.28. The van der Waals surface area contributed by atoms with Gasteiger partial charge in [-0.1, -0.05) is 72.8 Å². The van der Waals surface area contributed by atoms with Crippen LogP contribution < -0.4 is 16.4 Å². The minimum Gasteiger partial charge on any atom is -0.399 e. The third-order valence-corrected chi connectivity index (χ3v) is 5.73. The molecule has 3 nitrogen and oxygen atoms in total. The standard InChI is InChI=1S/C30H25N3/c31-23-17-15-22(16-18-23)27-20-19-24(32)21-29(27)28-13-7-8-14-30(28)33(25-9-3-1-4-10-25)26-11-5-2-6-12-26/h1-21H,31-32H2. The van der Waals surface area contributed by atoms with Gasteiger partial charge in [0.25, 0.3) is 0 Å². The molecule has 5 aromatic rings. The van der Waals surface area contributed by atoms with Crippen LogP contribution in [0.2, 0.25) is 0 Å². The average molecular weight is 428 g/mol. The first-order valence-electron chi connectivity index (χ1n) is 11.0. The molecule has 0 heterocycles. The van der Waals surface area contributed by atoms with Crippen molar-refractivity contribution in [2.24, 2.45) is 0 Å². The first-order valence-corrected chi connectivity index (χ1v) is 11.0. The maximum Gasteiger partial charge on any atom is 0.0540 e. The van der Waals surface area contributed by atoms with Crippen LogP contribution in [0.3, 0.4) is 0 Å². The van der Waals surface area contributed by atoms with Crippen molar-refractivity contribution < 1.29 is 0 Å². The molecule has 0 unspecified atom stereocenters. The first-order chi connectivity index (χ1) is 16.2. The lowest BCUT2D eigenvalue weighted by Crippen LogP contribution is -2.11. The van der Waals surface area contributed by atoms with Gasteiger partial charge in [-0.15, -0.1) is 0 Å². The Hall–Kier alpha value is -4.50. The highest BCUT2D eigenvalue weighted by Gasteiger charge is 2.18. The highest BCUT2D eigenvalue weighted by atomic mass is 15.1. The van der Waals surface area contributed by atoms with E-state index in [1.807, 2.05) is 30.3 Å². The highest BCUT2D eigenvalue weighted by Crippen LogP contribution is 2.43. The monoisotopic (exact) mass is 427 g/mol. The zero-order chi connectivity index (χ0) is 22.6. The lowest BCUT2D eigenvalue weighted by atomic mass is 9.92. The Morgan fingerprint density at radius 2 is 0.970 bits per heavy atom. The van der Waals surface area contributed by atoms with Crippen molar-refractivity contribution >= 4 is 28.4 Å². The largest absolute Gasteiger partial charge is 0.399 e. The number of hydrogen-bond acceptors (Lipinski definition) is 3. The van der Waals surface area contributed by atoms with Gasteiger partial charge in [0.15, 0.2) is 0 Å². The molecule has 0 aromatic heterocycles. The van der Waals surface area contributed by atoms with Crippen LogP contribution in [0.5, 0.6) is 0 Å². The predicted molar refractivity (Wildman–Crippen MR) is 141 cm³/mol. The van der Waals surface area contributed by atoms with E-state index in [-0.39, 0.29) is 0 Å². The minimum atomic E-state index is 0.727. The SMILES string of the molecule is Nc1ccc(-c2ccc(N)cc2-c2ccccc2N(c2ccccc2)c2ccccc2)cc1. The summed E-state index contributed by atoms with van der Waals surface area (Å²) in [7, 11) is 0. The molecule has 0 fully saturated rings. The number of nitrogens with zero attached hydrogens (tertiary/aromatic N) is 1. The van der Waals surface area contributed by atoms with Gasteiger partial charge in [-0.05, 0) is 71.3 Å². The van der Waals surface area contributed by atoms with Gasteiger partial charge >= 0.3 is 0 Å². The van der Waals surface area contributed by atoms with Crippen LogP contribution in [0.15, 0.2) is 127 Å². The molecule has 0 aliphatic carbocycles. The van der Waals surface area contributed by atoms with Crippen molar-refractivity contribution in [2.45, 2.75) is 0 Å². The van der Waals surface area contributed by atoms with E-state index in [0.29, 0.717) is 0 Å². The maximum atomic E-state index is 6.28. The normalized spacial score (nSPS) is 10.7. The van der Waals surface area contributed by atoms with Crippen molar-refractivity contribution in [1.82, 2.24) is 0 Å². The molecule has 160 valence electrons. The number of nitrogens with two attached hydrogens (primary N) is 2. The zero-order valence-corrected chi connectivity index (χ0v) is 18.2. The Morgan fingerprint density at radius 3 is 1.61 bits per heavy atom. The van der Waals surface area contributed by atoms with Crippen molar-refractivity contribution in [3.8, 4) is 22.3 Å². The third-order valence-electron chi connectivity index (χ3n) is 5.73. The molecular formula is C30H25N3. The highest BCUT2D eigenvalue weighted by molar-refractivity contribution is 5.94. The molecule has 0 saturated carbocycles. The molecule has 0 spiro atoms. The van der Waals surface area contributed by atoms with E-state index in [1.165, 1.54) is 0 Å². The summed E-state index contributed by atoms with van der Waals surface area (Å²) < 4.78 is 0. The van der Waals surface area contributed by atoms with E-state index in [2.05, 4.69) is 102 Å². The molecule has 5 aromatic carbocycles. The number of nitrogen functional groups attached to an aromatic ring is 2. The van der Waals surface area contributed by atoms with Crippen LogP contribution in [0.4, 0.5) is 28.4 Å². The first kappa shape index (κ1) is 20.4. The topological polar surface area (TPSA) is 55.3 Å². The second-order valence-corrected chi connectivity index (χ2v) is 7.95. The van der Waals surface area contributed by atoms with Gasteiger partial charge in [-0.3, -0.25) is 0 Å². The summed E-state index contributed by atoms with van der Waals surface area (Å²) >= 11 is 0. The molecule has 0 aliphatic heterocycles. The van der Waals surface area contributed by atoms with Gasteiger partial charge in [0.05, 0.1) is 5.69 Å². The van der Waals surface area contributed by atoms with Crippen LogP contribution in [0, 0.1) is 0 Å². The van der Waals surface area contributed by atoms with Crippen molar-refractivity contribution in [3.05, 3.63) is 127 Å². The summed E-state index contributed by atoms with van der Waals surface area (Å²) in [6.45, 7) is 0. The second-order valence-electron chi connectivity index (χ2n) is 7.95. The van der Waals surface area contributed by atoms with E-state index in [9.17, 15) is 0 Å². The smallest absolute Gasteiger partial charge is 0.0540 e. The third kappa shape index (κ3) is 4.17. The van der Waals surface area contributed by atoms with Crippen LogP contribution >= 0.6 is 0 Å². The van der Waals surface area contributed by atoms with Gasteiger partial charge in [-0.25, -0.2) is 0 Å². The Morgan fingerprint density at radius 1 is 0.424 bits per heavy atom. The number of anilines is 5. The summed E-state index contributed by atoms with van der Waals surface area (Å²) in [4.78, 5) is 2.28. The van der Waals surface area contributed by atoms with Crippen LogP contribution in [0.25, 0.3) is 22.3 Å². The Labute approximate surface area is 194 Å². The van der Waals surface area contributed by atoms with Crippen LogP contribution in [-0.2, 0) is 0 Å². The maximum absolute atomic E-state index is 6.28. The summed E-state index contributed by atoms with van der Waals surface area (Å²) in [5.41, 5.74) is 21.3. The summed E-state index contributed by atoms with van der Waals surface area (Å²) in [5.74, 6) is 0. The van der Waals surface area contributed by atoms with Crippen molar-refractivity contribution in [1.29, 1.82) is 0 Å². The van der Waals surface area contributed by atoms with Gasteiger partial charge < -0.3 is 16.4 Å². The molecule has 0 radical (unpaired) electrons. The summed E-state index contributed by atoms with van der Waals surface area (Å²) in [6.07, 6.45) is 0. The minimum absolute atomic E-state index is 0.727. The number of benzene rings is 5. The fraction of sp³-hybridized carbons (Fsp3) is 0. The Balaban J connectivity index is 1.75. The summed E-state index contributed by atoms with van der Waals surface area (Å²) in [5, 5.41) is 0. The molecule has 5 rings (SSSR count). The molecule has 0 atom stereocenters. The Kier molecular flexibility index (Phi) is 5.52. The fourth-order valence-electron chi connectivity index (χ4n) is 4.18. The number of rotatable bonds is 5. The summed E-state index contributed by atoms with van der Waals surface area (Å²) in [6, 6.07) is 43.4. The average Bonchev–Trinajstić information content (AvgIpc) is 2.86. The van der Waals surface area contributed by atoms with Gasteiger partial charge in [-0.2, -0.15) is 0 Å². The Bertz CT molecular complexity index is 1320. The van der Waals surface area contributed by atoms with E-state index in [0.717, 1.165) is 50.7 Å². The molecule has 0 amide bonds. The number of hydrogen-bond donors (Lipinski definition) is 2. The molecule has 0 bridgehead atoms. The quantitative estimate of drug-likeness (QED) is 0.283. The van der Waals surface area contributed by atoms with Crippen LogP contribution in [0.1, 0.15) is 0 Å². The van der Waals surface area contributed by atoms with Gasteiger partial charge in [0, 0.05) is 28.3 Å². The lowest BCUT2D eigenvalue weighted by Gasteiger charge is -2.28. The van der Waals surface area contributed by atoms with Crippen molar-refractivity contribution in [3.63, 3.8) is 0 Å². The van der Waals surface area contributed by atoms with E-state index >= 15 is 0 Å². The fourth-order valence-corrected chi connectivity index (χ4v) is 4.18. The molecule has 4 N–H and O–H groups in total.